The summed E-state index contributed by atoms with van der Waals surface area (Å²) in [6.45, 7) is 7.11. The number of hydrogen-bond donors (Lipinski definition) is 0. The molecule has 4 aromatic rings. The highest BCUT2D eigenvalue weighted by atomic mass is 32.2. The number of rotatable bonds is 5. The van der Waals surface area contributed by atoms with Gasteiger partial charge in [-0.2, -0.15) is 0 Å². The van der Waals surface area contributed by atoms with Crippen molar-refractivity contribution in [3.05, 3.63) is 59.5 Å². The van der Waals surface area contributed by atoms with Gasteiger partial charge in [0.25, 0.3) is 0 Å². The van der Waals surface area contributed by atoms with E-state index >= 15 is 0 Å². The lowest BCUT2D eigenvalue weighted by Crippen LogP contribution is -2.49. The highest BCUT2D eigenvalue weighted by Crippen LogP contribution is 2.28. The number of thioether (sulfide) groups is 1. The number of thiophene rings is 1. The van der Waals surface area contributed by atoms with Gasteiger partial charge in [0, 0.05) is 38.6 Å². The Morgan fingerprint density at radius 2 is 1.94 bits per heavy atom. The summed E-state index contributed by atoms with van der Waals surface area (Å²) in [6, 6.07) is 8.45. The Balaban J connectivity index is 1.21. The summed E-state index contributed by atoms with van der Waals surface area (Å²) in [5.74, 6) is 1.49. The second-order valence-electron chi connectivity index (χ2n) is 7.86. The molecular weight excluding hydrogens is 440 g/mol. The number of aromatic nitrogens is 4. The molecule has 0 radical (unpaired) electrons. The Hall–Kier alpha value is -2.91. The number of fused-ring (bicyclic) bond motifs is 1. The maximum atomic E-state index is 12.9. The van der Waals surface area contributed by atoms with Gasteiger partial charge in [-0.05, 0) is 42.5 Å². The molecule has 1 aromatic carbocycles. The maximum absolute atomic E-state index is 12.9. The van der Waals surface area contributed by atoms with Gasteiger partial charge < -0.3 is 9.80 Å². The molecule has 0 aliphatic carbocycles. The third-order valence-corrected chi connectivity index (χ3v) is 7.50. The Kier molecular flexibility index (Phi) is 5.84. The molecule has 0 unspecified atom stereocenters. The fraction of sp³-hybridized carbons (Fsp3) is 0.304. The van der Waals surface area contributed by atoms with Crippen molar-refractivity contribution < 1.29 is 4.79 Å². The lowest BCUT2D eigenvalue weighted by Gasteiger charge is -2.35. The third-order valence-electron chi connectivity index (χ3n) is 5.73. The summed E-state index contributed by atoms with van der Waals surface area (Å²) in [5.41, 5.74) is 3.49. The molecule has 1 aliphatic heterocycles. The van der Waals surface area contributed by atoms with Crippen molar-refractivity contribution in [1.29, 1.82) is 0 Å². The molecule has 0 saturated carbocycles. The Bertz CT molecular complexity index is 1260. The fourth-order valence-electron chi connectivity index (χ4n) is 3.97. The zero-order valence-electron chi connectivity index (χ0n) is 18.1. The number of imidazole rings is 1. The summed E-state index contributed by atoms with van der Waals surface area (Å²) >= 11 is 3.12. The standard InChI is InChI=1S/C23H24N6OS2/c1-16-3-4-17(2)19(13-16)29-7-6-24-23(29)32-14-20(30)27-8-10-28(11-9-27)21-18-5-12-31-22(18)26-15-25-21/h3-7,12-13,15H,8-11,14H2,1-2H3. The molecule has 0 N–H and O–H groups in total. The SMILES string of the molecule is Cc1ccc(C)c(-n2ccnc2SCC(=O)N2CCN(c3ncnc4sccc34)CC2)c1. The first kappa shape index (κ1) is 21.0. The average Bonchev–Trinajstić information content (AvgIpc) is 3.48. The summed E-state index contributed by atoms with van der Waals surface area (Å²) in [4.78, 5) is 31.4. The van der Waals surface area contributed by atoms with Gasteiger partial charge in [0.05, 0.1) is 16.8 Å². The van der Waals surface area contributed by atoms with Crippen LogP contribution in [0.3, 0.4) is 0 Å². The third kappa shape index (κ3) is 4.10. The van der Waals surface area contributed by atoms with Crippen LogP contribution in [0.5, 0.6) is 0 Å². The molecular formula is C23H24N6OS2. The molecule has 5 rings (SSSR count). The van der Waals surface area contributed by atoms with Gasteiger partial charge in [-0.25, -0.2) is 15.0 Å². The minimum absolute atomic E-state index is 0.147. The highest BCUT2D eigenvalue weighted by Gasteiger charge is 2.24. The van der Waals surface area contributed by atoms with Gasteiger partial charge in [0.15, 0.2) is 5.16 Å². The topological polar surface area (TPSA) is 67.2 Å². The lowest BCUT2D eigenvalue weighted by atomic mass is 10.1. The van der Waals surface area contributed by atoms with E-state index in [4.69, 9.17) is 0 Å². The van der Waals surface area contributed by atoms with Crippen LogP contribution in [-0.4, -0.2) is 62.3 Å². The maximum Gasteiger partial charge on any atom is 0.233 e. The van der Waals surface area contributed by atoms with Crippen LogP contribution in [-0.2, 0) is 4.79 Å². The van der Waals surface area contributed by atoms with Crippen molar-refractivity contribution in [2.24, 2.45) is 0 Å². The molecule has 0 atom stereocenters. The van der Waals surface area contributed by atoms with Gasteiger partial charge in [-0.1, -0.05) is 23.9 Å². The average molecular weight is 465 g/mol. The Morgan fingerprint density at radius 1 is 1.09 bits per heavy atom. The molecule has 4 heterocycles. The molecule has 164 valence electrons. The molecule has 1 aliphatic rings. The van der Waals surface area contributed by atoms with E-state index in [1.165, 1.54) is 22.9 Å². The van der Waals surface area contributed by atoms with E-state index in [2.05, 4.69) is 62.5 Å². The van der Waals surface area contributed by atoms with Crippen molar-refractivity contribution in [1.82, 2.24) is 24.4 Å². The Labute approximate surface area is 195 Å². The van der Waals surface area contributed by atoms with Crippen LogP contribution in [0.1, 0.15) is 11.1 Å². The number of carbonyl (C=O) groups is 1. The summed E-state index contributed by atoms with van der Waals surface area (Å²) in [6.07, 6.45) is 5.38. The molecule has 3 aromatic heterocycles. The number of carbonyl (C=O) groups excluding carboxylic acids is 1. The van der Waals surface area contributed by atoms with Gasteiger partial charge >= 0.3 is 0 Å². The first-order valence-corrected chi connectivity index (χ1v) is 12.4. The van der Waals surface area contributed by atoms with Crippen LogP contribution in [0.15, 0.2) is 53.5 Å². The zero-order chi connectivity index (χ0) is 22.1. The number of hydrogen-bond acceptors (Lipinski definition) is 7. The monoisotopic (exact) mass is 464 g/mol. The fourth-order valence-corrected chi connectivity index (χ4v) is 5.57. The second kappa shape index (κ2) is 8.91. The quantitative estimate of drug-likeness (QED) is 0.417. The van der Waals surface area contributed by atoms with Gasteiger partial charge in [0.1, 0.15) is 17.0 Å². The lowest BCUT2D eigenvalue weighted by molar-refractivity contribution is -0.128. The van der Waals surface area contributed by atoms with E-state index in [0.717, 1.165) is 40.0 Å². The number of nitrogens with zero attached hydrogens (tertiary/aromatic N) is 6. The van der Waals surface area contributed by atoms with E-state index in [1.807, 2.05) is 16.5 Å². The van der Waals surface area contributed by atoms with Gasteiger partial charge in [0.2, 0.25) is 5.91 Å². The van der Waals surface area contributed by atoms with Crippen molar-refractivity contribution >= 4 is 45.0 Å². The molecule has 32 heavy (non-hydrogen) atoms. The number of amides is 1. The van der Waals surface area contributed by atoms with E-state index < -0.39 is 0 Å². The van der Waals surface area contributed by atoms with Crippen LogP contribution >= 0.6 is 23.1 Å². The van der Waals surface area contributed by atoms with E-state index in [-0.39, 0.29) is 5.91 Å². The summed E-state index contributed by atoms with van der Waals surface area (Å²) in [5, 5.41) is 3.97. The van der Waals surface area contributed by atoms with Gasteiger partial charge in [-0.3, -0.25) is 9.36 Å². The van der Waals surface area contributed by atoms with Crippen LogP contribution in [0.4, 0.5) is 5.82 Å². The smallest absolute Gasteiger partial charge is 0.233 e. The summed E-state index contributed by atoms with van der Waals surface area (Å²) < 4.78 is 2.07. The van der Waals surface area contributed by atoms with Crippen molar-refractivity contribution in [2.45, 2.75) is 19.0 Å². The van der Waals surface area contributed by atoms with E-state index in [1.54, 1.807) is 23.9 Å². The minimum atomic E-state index is 0.147. The zero-order valence-corrected chi connectivity index (χ0v) is 19.7. The first-order chi connectivity index (χ1) is 15.6. The number of anilines is 1. The molecule has 9 heteroatoms. The van der Waals surface area contributed by atoms with Crippen LogP contribution in [0.2, 0.25) is 0 Å². The van der Waals surface area contributed by atoms with Crippen molar-refractivity contribution in [3.63, 3.8) is 0 Å². The van der Waals surface area contributed by atoms with Gasteiger partial charge in [-0.15, -0.1) is 11.3 Å². The molecule has 7 nitrogen and oxygen atoms in total. The molecule has 0 bridgehead atoms. The predicted octanol–water partition coefficient (Wildman–Crippen LogP) is 3.93. The summed E-state index contributed by atoms with van der Waals surface area (Å²) in [7, 11) is 0. The van der Waals surface area contributed by atoms with Crippen LogP contribution < -0.4 is 4.90 Å². The minimum Gasteiger partial charge on any atom is -0.352 e. The number of aryl methyl sites for hydroxylation is 2. The van der Waals surface area contributed by atoms with E-state index in [9.17, 15) is 4.79 Å². The highest BCUT2D eigenvalue weighted by molar-refractivity contribution is 7.99. The van der Waals surface area contributed by atoms with Crippen LogP contribution in [0, 0.1) is 13.8 Å². The molecule has 1 saturated heterocycles. The van der Waals surface area contributed by atoms with Crippen LogP contribution in [0.25, 0.3) is 15.9 Å². The molecule has 0 spiro atoms. The predicted molar refractivity (Wildman–Crippen MR) is 130 cm³/mol. The van der Waals surface area contributed by atoms with Crippen molar-refractivity contribution in [2.75, 3.05) is 36.8 Å². The normalized spacial score (nSPS) is 14.3. The first-order valence-electron chi connectivity index (χ1n) is 10.5. The van der Waals surface area contributed by atoms with E-state index in [0.29, 0.717) is 18.8 Å². The second-order valence-corrected chi connectivity index (χ2v) is 9.70. The molecule has 1 fully saturated rings. The number of piperazine rings is 1. The largest absolute Gasteiger partial charge is 0.352 e. The Morgan fingerprint density at radius 3 is 2.78 bits per heavy atom. The van der Waals surface area contributed by atoms with Crippen molar-refractivity contribution in [3.8, 4) is 5.69 Å². The molecule has 1 amide bonds. The number of benzene rings is 1.